The van der Waals surface area contributed by atoms with Crippen LogP contribution in [-0.4, -0.2) is 20.8 Å². The van der Waals surface area contributed by atoms with Crippen LogP contribution in [0.5, 0.6) is 17.2 Å². The zero-order valence-corrected chi connectivity index (χ0v) is 18.4. The molecule has 0 spiro atoms. The molecule has 0 aliphatic carbocycles. The molecule has 33 heavy (non-hydrogen) atoms. The average Bonchev–Trinajstić information content (AvgIpc) is 2.73. The second kappa shape index (κ2) is 9.40. The zero-order chi connectivity index (χ0) is 24.4. The van der Waals surface area contributed by atoms with Crippen LogP contribution in [0.15, 0.2) is 70.5 Å². The average molecular weight is 503 g/mol. The molecule has 3 aromatic carbocycles. The Bertz CT molecular complexity index is 1290. The number of carbonyl (C=O) groups excluding carboxylic acids is 1. The summed E-state index contributed by atoms with van der Waals surface area (Å²) in [5, 5.41) is -0.320. The summed E-state index contributed by atoms with van der Waals surface area (Å²) in [4.78, 5) is 10.8. The van der Waals surface area contributed by atoms with Gasteiger partial charge in [0.05, 0.1) is 15.5 Å². The maximum atomic E-state index is 13.2. The van der Waals surface area contributed by atoms with Crippen LogP contribution in [0.2, 0.25) is 5.02 Å². The van der Waals surface area contributed by atoms with Crippen molar-refractivity contribution in [2.45, 2.75) is 22.9 Å². The van der Waals surface area contributed by atoms with Gasteiger partial charge in [-0.3, -0.25) is 4.79 Å². The van der Waals surface area contributed by atoms with Gasteiger partial charge in [-0.1, -0.05) is 11.6 Å². The fourth-order valence-corrected chi connectivity index (χ4v) is 4.29. The van der Waals surface area contributed by atoms with Crippen LogP contribution < -0.4 is 9.47 Å². The highest BCUT2D eigenvalue weighted by Crippen LogP contribution is 2.38. The molecule has 3 rings (SSSR count). The van der Waals surface area contributed by atoms with Crippen molar-refractivity contribution in [3.8, 4) is 17.2 Å². The SMILES string of the molecule is CC(=O)COc1cc(Oc2ccc(C(F)(F)F)cc2Cl)ccc1S(=O)(=O)c1ccc(F)cc1. The van der Waals surface area contributed by atoms with Crippen molar-refractivity contribution in [3.63, 3.8) is 0 Å². The zero-order valence-electron chi connectivity index (χ0n) is 16.8. The first kappa shape index (κ1) is 24.5. The number of hydrogen-bond donors (Lipinski definition) is 0. The van der Waals surface area contributed by atoms with E-state index >= 15 is 0 Å². The number of hydrogen-bond acceptors (Lipinski definition) is 5. The lowest BCUT2D eigenvalue weighted by molar-refractivity contribution is -0.137. The summed E-state index contributed by atoms with van der Waals surface area (Å²) < 4.78 is 88.5. The quantitative estimate of drug-likeness (QED) is 0.289. The number of alkyl halides is 3. The minimum Gasteiger partial charge on any atom is -0.484 e. The Labute approximate surface area is 191 Å². The van der Waals surface area contributed by atoms with E-state index in [1.807, 2.05) is 0 Å². The maximum absolute atomic E-state index is 13.2. The van der Waals surface area contributed by atoms with Crippen molar-refractivity contribution in [1.82, 2.24) is 0 Å². The van der Waals surface area contributed by atoms with Gasteiger partial charge in [-0.25, -0.2) is 12.8 Å². The third kappa shape index (κ3) is 5.82. The van der Waals surface area contributed by atoms with E-state index in [1.165, 1.54) is 13.0 Å². The number of ether oxygens (including phenoxy) is 2. The van der Waals surface area contributed by atoms with Gasteiger partial charge < -0.3 is 9.47 Å². The molecule has 0 bridgehead atoms. The molecular formula is C22H15ClF4O5S. The Morgan fingerprint density at radius 3 is 2.21 bits per heavy atom. The molecule has 0 amide bonds. The first-order chi connectivity index (χ1) is 15.4. The van der Waals surface area contributed by atoms with Crippen molar-refractivity contribution in [2.75, 3.05) is 6.61 Å². The molecular weight excluding hydrogens is 488 g/mol. The lowest BCUT2D eigenvalue weighted by atomic mass is 10.2. The number of ketones is 1. The second-order valence-corrected chi connectivity index (χ2v) is 9.13. The number of halogens is 5. The molecule has 0 atom stereocenters. The highest BCUT2D eigenvalue weighted by Gasteiger charge is 2.31. The third-order valence-electron chi connectivity index (χ3n) is 4.25. The van der Waals surface area contributed by atoms with Gasteiger partial charge in [-0.2, -0.15) is 13.2 Å². The van der Waals surface area contributed by atoms with E-state index in [0.717, 1.165) is 48.5 Å². The van der Waals surface area contributed by atoms with Crippen molar-refractivity contribution in [3.05, 3.63) is 77.1 Å². The van der Waals surface area contributed by atoms with Crippen molar-refractivity contribution in [2.24, 2.45) is 0 Å². The topological polar surface area (TPSA) is 69.7 Å². The first-order valence-electron chi connectivity index (χ1n) is 9.19. The molecule has 11 heteroatoms. The molecule has 0 saturated heterocycles. The van der Waals surface area contributed by atoms with Gasteiger partial charge >= 0.3 is 6.18 Å². The molecule has 3 aromatic rings. The van der Waals surface area contributed by atoms with Crippen molar-refractivity contribution >= 4 is 27.2 Å². The van der Waals surface area contributed by atoms with Crippen LogP contribution in [0.25, 0.3) is 0 Å². The molecule has 0 aliphatic rings. The number of carbonyl (C=O) groups is 1. The number of benzene rings is 3. The molecule has 0 saturated carbocycles. The van der Waals surface area contributed by atoms with Crippen molar-refractivity contribution < 1.29 is 40.2 Å². The summed E-state index contributed by atoms with van der Waals surface area (Å²) in [6.07, 6.45) is -4.59. The van der Waals surface area contributed by atoms with Crippen LogP contribution in [-0.2, 0) is 20.8 Å². The van der Waals surface area contributed by atoms with Gasteiger partial charge in [0.1, 0.15) is 34.6 Å². The van der Waals surface area contributed by atoms with Crippen LogP contribution in [0.4, 0.5) is 17.6 Å². The summed E-state index contributed by atoms with van der Waals surface area (Å²) in [7, 11) is -4.16. The number of Topliss-reactive ketones (excluding diaryl/α,β-unsaturated/α-hetero) is 1. The Balaban J connectivity index is 2.00. The number of sulfone groups is 1. The van der Waals surface area contributed by atoms with E-state index in [1.54, 1.807) is 0 Å². The molecule has 0 heterocycles. The monoisotopic (exact) mass is 502 g/mol. The van der Waals surface area contributed by atoms with E-state index in [9.17, 15) is 30.8 Å². The lowest BCUT2D eigenvalue weighted by Gasteiger charge is -2.15. The van der Waals surface area contributed by atoms with Gasteiger partial charge in [-0.15, -0.1) is 0 Å². The summed E-state index contributed by atoms with van der Waals surface area (Å²) in [6.45, 7) is 0.785. The molecule has 0 radical (unpaired) electrons. The molecule has 0 unspecified atom stereocenters. The van der Waals surface area contributed by atoms with E-state index in [2.05, 4.69) is 0 Å². The van der Waals surface area contributed by atoms with Gasteiger partial charge in [0.25, 0.3) is 0 Å². The Hall–Kier alpha value is -3.11. The third-order valence-corrected chi connectivity index (χ3v) is 6.35. The highest BCUT2D eigenvalue weighted by molar-refractivity contribution is 7.91. The van der Waals surface area contributed by atoms with Crippen molar-refractivity contribution in [1.29, 1.82) is 0 Å². The molecule has 0 aliphatic heterocycles. The normalized spacial score (nSPS) is 11.8. The predicted octanol–water partition coefficient (Wildman–Crippen LogP) is 6.09. The van der Waals surface area contributed by atoms with E-state index in [0.29, 0.717) is 6.07 Å². The maximum Gasteiger partial charge on any atom is 0.416 e. The smallest absolute Gasteiger partial charge is 0.416 e. The van der Waals surface area contributed by atoms with Crippen LogP contribution in [0, 0.1) is 5.82 Å². The minimum absolute atomic E-state index is 0.00623. The Morgan fingerprint density at radius 2 is 1.64 bits per heavy atom. The van der Waals surface area contributed by atoms with Gasteiger partial charge in [-0.05, 0) is 61.5 Å². The molecule has 5 nitrogen and oxygen atoms in total. The van der Waals surface area contributed by atoms with E-state index in [4.69, 9.17) is 21.1 Å². The van der Waals surface area contributed by atoms with E-state index < -0.39 is 39.8 Å². The van der Waals surface area contributed by atoms with Gasteiger partial charge in [0, 0.05) is 6.07 Å². The highest BCUT2D eigenvalue weighted by atomic mass is 35.5. The van der Waals surface area contributed by atoms with Crippen LogP contribution in [0.1, 0.15) is 12.5 Å². The fraction of sp³-hybridized carbons (Fsp3) is 0.136. The minimum atomic E-state index is -4.59. The largest absolute Gasteiger partial charge is 0.484 e. The standard InChI is InChI=1S/C22H15ClF4O5S/c1-13(28)12-31-20-11-16(32-19-8-2-14(10-18(19)23)22(25,26)27)5-9-21(20)33(29,30)17-6-3-15(24)4-7-17/h2-11H,12H2,1H3. The summed E-state index contributed by atoms with van der Waals surface area (Å²) in [5.41, 5.74) is -0.967. The summed E-state index contributed by atoms with van der Waals surface area (Å²) >= 11 is 5.90. The van der Waals surface area contributed by atoms with E-state index in [-0.39, 0.29) is 32.1 Å². The van der Waals surface area contributed by atoms with Gasteiger partial charge in [0.15, 0.2) is 5.78 Å². The number of rotatable bonds is 7. The van der Waals surface area contributed by atoms with Gasteiger partial charge in [0.2, 0.25) is 9.84 Å². The predicted molar refractivity (Wildman–Crippen MR) is 111 cm³/mol. The summed E-state index contributed by atoms with van der Waals surface area (Å²) in [5.74, 6) is -1.38. The Morgan fingerprint density at radius 1 is 0.970 bits per heavy atom. The second-order valence-electron chi connectivity index (χ2n) is 6.80. The molecule has 0 aromatic heterocycles. The lowest BCUT2D eigenvalue weighted by Crippen LogP contribution is -2.11. The first-order valence-corrected chi connectivity index (χ1v) is 11.1. The molecule has 174 valence electrons. The van der Waals surface area contributed by atoms with Crippen LogP contribution >= 0.6 is 11.6 Å². The fourth-order valence-electron chi connectivity index (χ4n) is 2.69. The summed E-state index contributed by atoms with van der Waals surface area (Å²) in [6, 6.07) is 10.1. The molecule has 0 fully saturated rings. The van der Waals surface area contributed by atoms with Crippen LogP contribution in [0.3, 0.4) is 0 Å². The Kier molecular flexibility index (Phi) is 6.99. The molecule has 0 N–H and O–H groups in total.